The summed E-state index contributed by atoms with van der Waals surface area (Å²) in [7, 11) is 0. The molecule has 0 aliphatic heterocycles. The van der Waals surface area contributed by atoms with Gasteiger partial charge in [0.1, 0.15) is 0 Å². The molecule has 2 bridgehead atoms. The molecule has 3 rings (SSSR count). The highest BCUT2D eigenvalue weighted by Crippen LogP contribution is 2.62. The number of fused-ring (bicyclic) bond motifs is 2. The van der Waals surface area contributed by atoms with Crippen LogP contribution in [0.5, 0.6) is 0 Å². The first kappa shape index (κ1) is 13.6. The van der Waals surface area contributed by atoms with Gasteiger partial charge in [-0.05, 0) is 47.6 Å². The molecule has 0 saturated heterocycles. The Balaban J connectivity index is 1.75. The predicted octanol–water partition coefficient (Wildman–Crippen LogP) is 4.75. The second-order valence-electron chi connectivity index (χ2n) is 7.32. The van der Waals surface area contributed by atoms with Crippen molar-refractivity contribution in [3.05, 3.63) is 34.3 Å². The molecule has 0 spiro atoms. The molecule has 1 aromatic rings. The normalized spacial score (nSPS) is 35.8. The quantitative estimate of drug-likeness (QED) is 0.846. The molecule has 0 radical (unpaired) electrons. The van der Waals surface area contributed by atoms with Crippen LogP contribution in [0.25, 0.3) is 0 Å². The average Bonchev–Trinajstić information content (AvgIpc) is 2.82. The maximum absolute atomic E-state index is 3.87. The molecule has 2 fully saturated rings. The van der Waals surface area contributed by atoms with Gasteiger partial charge in [-0.25, -0.2) is 0 Å². The lowest BCUT2D eigenvalue weighted by Gasteiger charge is -2.43. The minimum Gasteiger partial charge on any atom is -0.309 e. The van der Waals surface area contributed by atoms with Crippen LogP contribution < -0.4 is 5.32 Å². The predicted molar refractivity (Wildman–Crippen MR) is 84.0 cm³/mol. The minimum atomic E-state index is 0.439. The molecule has 0 amide bonds. The van der Waals surface area contributed by atoms with Crippen molar-refractivity contribution >= 4 is 15.9 Å². The molecule has 19 heavy (non-hydrogen) atoms. The molecule has 0 aromatic heterocycles. The summed E-state index contributed by atoms with van der Waals surface area (Å²) in [6, 6.07) is 9.18. The molecule has 104 valence electrons. The first-order chi connectivity index (χ1) is 8.93. The fourth-order valence-corrected chi connectivity index (χ4v) is 5.09. The van der Waals surface area contributed by atoms with Crippen molar-refractivity contribution in [3.8, 4) is 0 Å². The van der Waals surface area contributed by atoms with E-state index in [0.717, 1.165) is 12.5 Å². The topological polar surface area (TPSA) is 12.0 Å². The Hall–Kier alpha value is -0.340. The molecule has 0 heterocycles. The van der Waals surface area contributed by atoms with E-state index in [4.69, 9.17) is 0 Å². The molecular formula is C17H24BrN. The lowest BCUT2D eigenvalue weighted by Crippen LogP contribution is -2.49. The van der Waals surface area contributed by atoms with Gasteiger partial charge >= 0.3 is 0 Å². The summed E-state index contributed by atoms with van der Waals surface area (Å²) >= 11 is 3.65. The number of nitrogens with one attached hydrogen (secondary N) is 1. The van der Waals surface area contributed by atoms with Crippen molar-refractivity contribution in [2.75, 3.05) is 0 Å². The van der Waals surface area contributed by atoms with Gasteiger partial charge in [-0.2, -0.15) is 0 Å². The standard InChI is InChI=1S/C17H24BrN/c1-16(2)13-8-9-17(3,10-13)15(16)19-11-12-6-4-5-7-14(12)18/h4-7,13,15,19H,8-11H2,1-3H3. The fourth-order valence-electron chi connectivity index (χ4n) is 4.67. The van der Waals surface area contributed by atoms with E-state index in [9.17, 15) is 0 Å². The van der Waals surface area contributed by atoms with Gasteiger partial charge in [-0.1, -0.05) is 54.9 Å². The molecule has 2 saturated carbocycles. The summed E-state index contributed by atoms with van der Waals surface area (Å²) in [5, 5.41) is 3.87. The zero-order valence-electron chi connectivity index (χ0n) is 12.2. The van der Waals surface area contributed by atoms with Crippen LogP contribution in [0.15, 0.2) is 28.7 Å². The third-order valence-electron chi connectivity index (χ3n) is 5.72. The lowest BCUT2D eigenvalue weighted by molar-refractivity contribution is 0.108. The van der Waals surface area contributed by atoms with Crippen molar-refractivity contribution in [3.63, 3.8) is 0 Å². The highest BCUT2D eigenvalue weighted by molar-refractivity contribution is 9.10. The summed E-state index contributed by atoms with van der Waals surface area (Å²) in [5.41, 5.74) is 2.31. The van der Waals surface area contributed by atoms with Gasteiger partial charge in [0, 0.05) is 17.1 Å². The van der Waals surface area contributed by atoms with Gasteiger partial charge in [0.25, 0.3) is 0 Å². The smallest absolute Gasteiger partial charge is 0.0220 e. The van der Waals surface area contributed by atoms with Crippen molar-refractivity contribution in [2.24, 2.45) is 16.7 Å². The summed E-state index contributed by atoms with van der Waals surface area (Å²) in [5.74, 6) is 0.911. The Labute approximate surface area is 125 Å². The molecule has 3 unspecified atom stereocenters. The monoisotopic (exact) mass is 321 g/mol. The molecule has 1 nitrogen and oxygen atoms in total. The third kappa shape index (κ3) is 2.17. The van der Waals surface area contributed by atoms with E-state index in [1.807, 2.05) is 0 Å². The summed E-state index contributed by atoms with van der Waals surface area (Å²) in [6.45, 7) is 8.37. The van der Waals surface area contributed by atoms with Crippen LogP contribution in [-0.4, -0.2) is 6.04 Å². The Kier molecular flexibility index (Phi) is 3.30. The zero-order chi connectivity index (χ0) is 13.7. The van der Waals surface area contributed by atoms with Crippen LogP contribution in [0.1, 0.15) is 45.6 Å². The van der Waals surface area contributed by atoms with Gasteiger partial charge in [0.15, 0.2) is 0 Å². The van der Waals surface area contributed by atoms with Crippen molar-refractivity contribution in [2.45, 2.75) is 52.6 Å². The van der Waals surface area contributed by atoms with Crippen molar-refractivity contribution in [1.82, 2.24) is 5.32 Å². The van der Waals surface area contributed by atoms with E-state index in [2.05, 4.69) is 66.3 Å². The van der Waals surface area contributed by atoms with Gasteiger partial charge in [0.2, 0.25) is 0 Å². The molecule has 3 atom stereocenters. The largest absolute Gasteiger partial charge is 0.309 e. The Morgan fingerprint density at radius 1 is 1.26 bits per heavy atom. The van der Waals surface area contributed by atoms with E-state index in [1.165, 1.54) is 29.3 Å². The van der Waals surface area contributed by atoms with Crippen molar-refractivity contribution < 1.29 is 0 Å². The molecular weight excluding hydrogens is 298 g/mol. The fraction of sp³-hybridized carbons (Fsp3) is 0.647. The van der Waals surface area contributed by atoms with Crippen LogP contribution in [0.2, 0.25) is 0 Å². The first-order valence-corrected chi connectivity index (χ1v) is 8.19. The summed E-state index contributed by atoms with van der Waals surface area (Å²) < 4.78 is 1.22. The Bertz CT molecular complexity index is 477. The van der Waals surface area contributed by atoms with Crippen LogP contribution in [0.3, 0.4) is 0 Å². The van der Waals surface area contributed by atoms with Gasteiger partial charge in [0.05, 0.1) is 0 Å². The molecule has 2 aliphatic carbocycles. The zero-order valence-corrected chi connectivity index (χ0v) is 13.8. The second kappa shape index (κ2) is 4.60. The van der Waals surface area contributed by atoms with E-state index in [0.29, 0.717) is 16.9 Å². The maximum atomic E-state index is 3.87. The number of rotatable bonds is 3. The van der Waals surface area contributed by atoms with E-state index >= 15 is 0 Å². The number of benzene rings is 1. The van der Waals surface area contributed by atoms with Gasteiger partial charge in [-0.3, -0.25) is 0 Å². The van der Waals surface area contributed by atoms with E-state index in [1.54, 1.807) is 0 Å². The van der Waals surface area contributed by atoms with E-state index < -0.39 is 0 Å². The summed E-state index contributed by atoms with van der Waals surface area (Å²) in [6.07, 6.45) is 4.24. The Morgan fingerprint density at radius 3 is 2.63 bits per heavy atom. The lowest BCUT2D eigenvalue weighted by atomic mass is 9.68. The second-order valence-corrected chi connectivity index (χ2v) is 8.17. The first-order valence-electron chi connectivity index (χ1n) is 7.40. The SMILES string of the molecule is CC12CCC(C1)C(C)(C)C2NCc1ccccc1Br. The van der Waals surface area contributed by atoms with Crippen molar-refractivity contribution in [1.29, 1.82) is 0 Å². The van der Waals surface area contributed by atoms with Crippen LogP contribution >= 0.6 is 15.9 Å². The van der Waals surface area contributed by atoms with Gasteiger partial charge in [-0.15, -0.1) is 0 Å². The van der Waals surface area contributed by atoms with Crippen LogP contribution in [0.4, 0.5) is 0 Å². The molecule has 2 aliphatic rings. The van der Waals surface area contributed by atoms with Gasteiger partial charge < -0.3 is 5.32 Å². The highest BCUT2D eigenvalue weighted by Gasteiger charge is 2.58. The summed E-state index contributed by atoms with van der Waals surface area (Å²) in [4.78, 5) is 0. The van der Waals surface area contributed by atoms with Crippen LogP contribution in [-0.2, 0) is 6.54 Å². The third-order valence-corrected chi connectivity index (χ3v) is 6.50. The van der Waals surface area contributed by atoms with Crippen LogP contribution in [0, 0.1) is 16.7 Å². The number of halogens is 1. The Morgan fingerprint density at radius 2 is 2.00 bits per heavy atom. The highest BCUT2D eigenvalue weighted by atomic mass is 79.9. The van der Waals surface area contributed by atoms with E-state index in [-0.39, 0.29) is 0 Å². The molecule has 2 heteroatoms. The number of hydrogen-bond donors (Lipinski definition) is 1. The average molecular weight is 322 g/mol. The number of hydrogen-bond acceptors (Lipinski definition) is 1. The minimum absolute atomic E-state index is 0.439. The molecule has 1 aromatic carbocycles. The maximum Gasteiger partial charge on any atom is 0.0220 e. The molecule has 1 N–H and O–H groups in total.